The topological polar surface area (TPSA) is 111 Å². The molecule has 3 fully saturated rings. The van der Waals surface area contributed by atoms with E-state index in [1.54, 1.807) is 0 Å². The molecule has 3 aliphatic rings. The molecule has 0 aliphatic carbocycles. The Hall–Kier alpha value is -1.23. The first kappa shape index (κ1) is 13.7. The van der Waals surface area contributed by atoms with Crippen LogP contribution < -0.4 is 16.0 Å². The van der Waals surface area contributed by atoms with E-state index in [0.29, 0.717) is 32.6 Å². The minimum absolute atomic E-state index is 0.00314. The fraction of sp³-hybridized carbons (Fsp3) is 0.800. The third-order valence-corrected chi connectivity index (χ3v) is 5.96. The second kappa shape index (κ2) is 4.65. The average Bonchev–Trinajstić information content (AvgIpc) is 2.96. The van der Waals surface area contributed by atoms with E-state index in [1.807, 2.05) is 0 Å². The minimum Gasteiger partial charge on any atom is -0.322 e. The Bertz CT molecular complexity index is 544. The number of carbonyl (C=O) groups is 2. The molecule has 0 saturated carbocycles. The Balaban J connectivity index is 1.76. The third-order valence-electron chi connectivity index (χ3n) is 3.98. The van der Waals surface area contributed by atoms with Crippen LogP contribution in [-0.4, -0.2) is 73.8 Å². The van der Waals surface area contributed by atoms with E-state index in [9.17, 15) is 18.0 Å². The maximum absolute atomic E-state index is 12.5. The number of nitrogens with zero attached hydrogens (tertiary/aromatic N) is 2. The van der Waals surface area contributed by atoms with Crippen molar-refractivity contribution in [2.75, 3.05) is 39.3 Å². The van der Waals surface area contributed by atoms with E-state index < -0.39 is 27.7 Å². The smallest absolute Gasteiger partial charge is 0.322 e. The number of rotatable bonds is 2. The number of hydrogen-bond donors (Lipinski definition) is 3. The van der Waals surface area contributed by atoms with Gasteiger partial charge in [0.15, 0.2) is 0 Å². The van der Waals surface area contributed by atoms with Gasteiger partial charge in [-0.25, -0.2) is 4.79 Å². The van der Waals surface area contributed by atoms with Crippen LogP contribution in [0, 0.1) is 0 Å². The zero-order valence-corrected chi connectivity index (χ0v) is 11.7. The van der Waals surface area contributed by atoms with Crippen molar-refractivity contribution in [2.24, 2.45) is 0 Å². The van der Waals surface area contributed by atoms with Crippen LogP contribution in [0.3, 0.4) is 0 Å². The van der Waals surface area contributed by atoms with E-state index >= 15 is 0 Å². The van der Waals surface area contributed by atoms with Gasteiger partial charge in [-0.15, -0.1) is 0 Å². The SMILES string of the molecule is O=C1NC(=O)C2(CCN(S(=O)(=O)N3CCNCC3)C2)N1. The predicted octanol–water partition coefficient (Wildman–Crippen LogP) is -2.58. The number of hydrogen-bond acceptors (Lipinski definition) is 5. The van der Waals surface area contributed by atoms with Crippen LogP contribution in [-0.2, 0) is 15.0 Å². The summed E-state index contributed by atoms with van der Waals surface area (Å²) in [6.07, 6.45) is 0.301. The van der Waals surface area contributed by atoms with E-state index in [4.69, 9.17) is 0 Å². The van der Waals surface area contributed by atoms with Gasteiger partial charge in [-0.3, -0.25) is 10.1 Å². The molecule has 0 radical (unpaired) electrons. The first-order valence-corrected chi connectivity index (χ1v) is 7.93. The molecule has 1 atom stereocenters. The molecule has 3 N–H and O–H groups in total. The van der Waals surface area contributed by atoms with Gasteiger partial charge in [0.25, 0.3) is 16.1 Å². The minimum atomic E-state index is -3.57. The second-order valence-electron chi connectivity index (χ2n) is 5.23. The highest BCUT2D eigenvalue weighted by atomic mass is 32.2. The Morgan fingerprint density at radius 1 is 1.05 bits per heavy atom. The molecule has 3 rings (SSSR count). The summed E-state index contributed by atoms with van der Waals surface area (Å²) in [4.78, 5) is 23.1. The molecule has 10 heteroatoms. The Kier molecular flexibility index (Phi) is 3.20. The summed E-state index contributed by atoms with van der Waals surface area (Å²) in [5, 5.41) is 7.81. The lowest BCUT2D eigenvalue weighted by Crippen LogP contribution is -2.54. The zero-order chi connectivity index (χ0) is 14.4. The average molecular weight is 303 g/mol. The second-order valence-corrected chi connectivity index (χ2v) is 7.16. The van der Waals surface area contributed by atoms with Gasteiger partial charge in [-0.2, -0.15) is 17.0 Å². The quantitative estimate of drug-likeness (QED) is 0.485. The standard InChI is InChI=1S/C10H17N5O4S/c16-8-10(13-9(17)12-8)1-4-15(7-10)20(18,19)14-5-2-11-3-6-14/h11H,1-7H2,(H2,12,13,16,17). The molecule has 0 bridgehead atoms. The number of carbonyl (C=O) groups excluding carboxylic acids is 2. The van der Waals surface area contributed by atoms with E-state index in [0.717, 1.165) is 0 Å². The normalized spacial score (nSPS) is 32.6. The van der Waals surface area contributed by atoms with Crippen molar-refractivity contribution in [2.45, 2.75) is 12.0 Å². The van der Waals surface area contributed by atoms with Crippen LogP contribution in [0.4, 0.5) is 4.79 Å². The Morgan fingerprint density at radius 2 is 1.75 bits per heavy atom. The van der Waals surface area contributed by atoms with Crippen molar-refractivity contribution in [3.8, 4) is 0 Å². The summed E-state index contributed by atoms with van der Waals surface area (Å²) in [7, 11) is -3.57. The molecule has 1 unspecified atom stereocenters. The van der Waals surface area contributed by atoms with Gasteiger partial charge >= 0.3 is 6.03 Å². The van der Waals surface area contributed by atoms with Crippen molar-refractivity contribution >= 4 is 22.1 Å². The molecule has 112 valence electrons. The highest BCUT2D eigenvalue weighted by Gasteiger charge is 2.53. The summed E-state index contributed by atoms with van der Waals surface area (Å²) < 4.78 is 27.7. The van der Waals surface area contributed by atoms with E-state index in [2.05, 4.69) is 16.0 Å². The Labute approximate surface area is 116 Å². The number of amides is 3. The Morgan fingerprint density at radius 3 is 2.35 bits per heavy atom. The maximum atomic E-state index is 12.5. The highest BCUT2D eigenvalue weighted by molar-refractivity contribution is 7.86. The van der Waals surface area contributed by atoms with Gasteiger partial charge < -0.3 is 10.6 Å². The third kappa shape index (κ3) is 2.08. The molecule has 3 heterocycles. The van der Waals surface area contributed by atoms with Crippen molar-refractivity contribution in [3.63, 3.8) is 0 Å². The summed E-state index contributed by atoms with van der Waals surface area (Å²) in [5.41, 5.74) is -1.10. The fourth-order valence-corrected chi connectivity index (χ4v) is 4.50. The summed E-state index contributed by atoms with van der Waals surface area (Å²) in [6, 6.07) is -0.559. The summed E-state index contributed by atoms with van der Waals surface area (Å²) >= 11 is 0. The van der Waals surface area contributed by atoms with Gasteiger partial charge in [0, 0.05) is 39.3 Å². The maximum Gasteiger partial charge on any atom is 0.322 e. The van der Waals surface area contributed by atoms with Crippen LogP contribution in [0.25, 0.3) is 0 Å². The van der Waals surface area contributed by atoms with E-state index in [-0.39, 0.29) is 13.1 Å². The van der Waals surface area contributed by atoms with Crippen LogP contribution in [0.15, 0.2) is 0 Å². The summed E-state index contributed by atoms with van der Waals surface area (Å²) in [6.45, 7) is 2.32. The van der Waals surface area contributed by atoms with E-state index in [1.165, 1.54) is 8.61 Å². The number of imide groups is 1. The molecule has 0 aromatic rings. The van der Waals surface area contributed by atoms with Crippen molar-refractivity contribution in [1.29, 1.82) is 0 Å². The number of nitrogens with one attached hydrogen (secondary N) is 3. The van der Waals surface area contributed by atoms with Gasteiger partial charge in [0.05, 0.1) is 0 Å². The van der Waals surface area contributed by atoms with Gasteiger partial charge in [-0.1, -0.05) is 0 Å². The highest BCUT2D eigenvalue weighted by Crippen LogP contribution is 2.27. The van der Waals surface area contributed by atoms with Gasteiger partial charge in [-0.05, 0) is 6.42 Å². The first-order chi connectivity index (χ1) is 9.44. The first-order valence-electron chi connectivity index (χ1n) is 6.54. The van der Waals surface area contributed by atoms with Crippen molar-refractivity contribution < 1.29 is 18.0 Å². The molecule has 0 aromatic heterocycles. The lowest BCUT2D eigenvalue weighted by Gasteiger charge is -2.31. The zero-order valence-electron chi connectivity index (χ0n) is 10.9. The molecular formula is C10H17N5O4S. The number of piperazine rings is 1. The van der Waals surface area contributed by atoms with Crippen molar-refractivity contribution in [3.05, 3.63) is 0 Å². The molecule has 9 nitrogen and oxygen atoms in total. The lowest BCUT2D eigenvalue weighted by molar-refractivity contribution is -0.123. The summed E-state index contributed by atoms with van der Waals surface area (Å²) in [5.74, 6) is -0.444. The van der Waals surface area contributed by atoms with Crippen LogP contribution in [0.5, 0.6) is 0 Å². The molecule has 1 spiro atoms. The molecule has 3 amide bonds. The van der Waals surface area contributed by atoms with Gasteiger partial charge in [0.2, 0.25) is 0 Å². The van der Waals surface area contributed by atoms with Crippen LogP contribution in [0.2, 0.25) is 0 Å². The molecule has 0 aromatic carbocycles. The van der Waals surface area contributed by atoms with Crippen molar-refractivity contribution in [1.82, 2.24) is 24.6 Å². The molecule has 20 heavy (non-hydrogen) atoms. The predicted molar refractivity (Wildman–Crippen MR) is 69.0 cm³/mol. The molecular weight excluding hydrogens is 286 g/mol. The lowest BCUT2D eigenvalue weighted by atomic mass is 10.00. The molecule has 3 saturated heterocycles. The van der Waals surface area contributed by atoms with Crippen LogP contribution in [0.1, 0.15) is 6.42 Å². The fourth-order valence-electron chi connectivity index (χ4n) is 2.83. The monoisotopic (exact) mass is 303 g/mol. The largest absolute Gasteiger partial charge is 0.322 e. The molecule has 3 aliphatic heterocycles. The number of urea groups is 1. The van der Waals surface area contributed by atoms with Crippen LogP contribution >= 0.6 is 0 Å². The van der Waals surface area contributed by atoms with Gasteiger partial charge in [0.1, 0.15) is 5.54 Å².